The second-order valence-corrected chi connectivity index (χ2v) is 5.71. The summed E-state index contributed by atoms with van der Waals surface area (Å²) in [5.41, 5.74) is 1.03. The first-order chi connectivity index (χ1) is 10.5. The molecule has 6 nitrogen and oxygen atoms in total. The van der Waals surface area contributed by atoms with E-state index in [2.05, 4.69) is 15.3 Å². The SMILES string of the molecule is Cc1ccnc([C@@H](NC(=O)c2ccn(C)c(=O)c2)C2CC2)n1. The maximum Gasteiger partial charge on any atom is 0.252 e. The molecule has 3 rings (SSSR count). The number of nitrogens with zero attached hydrogens (tertiary/aromatic N) is 3. The minimum atomic E-state index is -0.264. The first-order valence-electron chi connectivity index (χ1n) is 7.31. The Balaban J connectivity index is 1.83. The second-order valence-electron chi connectivity index (χ2n) is 5.71. The molecule has 22 heavy (non-hydrogen) atoms. The summed E-state index contributed by atoms with van der Waals surface area (Å²) in [6.45, 7) is 1.90. The fraction of sp³-hybridized carbons (Fsp3) is 0.375. The Morgan fingerprint density at radius 3 is 2.82 bits per heavy atom. The number of aryl methyl sites for hydroxylation is 2. The number of carbonyl (C=O) groups is 1. The van der Waals surface area contributed by atoms with Crippen LogP contribution in [0.1, 0.15) is 40.8 Å². The van der Waals surface area contributed by atoms with E-state index in [-0.39, 0.29) is 17.5 Å². The molecule has 2 aromatic heterocycles. The Morgan fingerprint density at radius 2 is 2.18 bits per heavy atom. The molecule has 0 bridgehead atoms. The fourth-order valence-corrected chi connectivity index (χ4v) is 2.36. The van der Waals surface area contributed by atoms with E-state index in [4.69, 9.17) is 0 Å². The van der Waals surface area contributed by atoms with Crippen LogP contribution in [-0.2, 0) is 7.05 Å². The van der Waals surface area contributed by atoms with Gasteiger partial charge in [0.2, 0.25) is 0 Å². The lowest BCUT2D eigenvalue weighted by atomic mass is 10.1. The molecule has 0 aliphatic heterocycles. The zero-order valence-corrected chi connectivity index (χ0v) is 12.6. The molecule has 2 heterocycles. The molecule has 1 aliphatic rings. The fourth-order valence-electron chi connectivity index (χ4n) is 2.36. The lowest BCUT2D eigenvalue weighted by molar-refractivity contribution is 0.0929. The van der Waals surface area contributed by atoms with E-state index in [0.29, 0.717) is 17.3 Å². The third-order valence-corrected chi connectivity index (χ3v) is 3.84. The van der Waals surface area contributed by atoms with Gasteiger partial charge in [0.1, 0.15) is 0 Å². The van der Waals surface area contributed by atoms with Crippen molar-refractivity contribution < 1.29 is 4.79 Å². The van der Waals surface area contributed by atoms with Crippen LogP contribution in [0.5, 0.6) is 0 Å². The standard InChI is InChI=1S/C16H18N4O2/c1-10-5-7-17-15(18-10)14(11-3-4-11)19-16(22)12-6-8-20(2)13(21)9-12/h5-9,11,14H,3-4H2,1-2H3,(H,19,22)/t14-/m0/s1. The number of carbonyl (C=O) groups excluding carboxylic acids is 1. The van der Waals surface area contributed by atoms with Crippen LogP contribution in [0, 0.1) is 12.8 Å². The van der Waals surface area contributed by atoms with E-state index >= 15 is 0 Å². The topological polar surface area (TPSA) is 76.9 Å². The van der Waals surface area contributed by atoms with Gasteiger partial charge in [0.15, 0.2) is 5.82 Å². The van der Waals surface area contributed by atoms with Gasteiger partial charge in [0.05, 0.1) is 6.04 Å². The predicted octanol–water partition coefficient (Wildman–Crippen LogP) is 1.36. The Bertz CT molecular complexity index is 765. The first-order valence-corrected chi connectivity index (χ1v) is 7.31. The molecule has 0 unspecified atom stereocenters. The molecule has 0 spiro atoms. The van der Waals surface area contributed by atoms with Gasteiger partial charge in [-0.2, -0.15) is 0 Å². The van der Waals surface area contributed by atoms with Gasteiger partial charge in [-0.15, -0.1) is 0 Å². The first kappa shape index (κ1) is 14.4. The molecular weight excluding hydrogens is 280 g/mol. The van der Waals surface area contributed by atoms with Gasteiger partial charge >= 0.3 is 0 Å². The van der Waals surface area contributed by atoms with Gasteiger partial charge in [-0.25, -0.2) is 9.97 Å². The van der Waals surface area contributed by atoms with Crippen molar-refractivity contribution >= 4 is 5.91 Å². The number of aromatic nitrogens is 3. The lowest BCUT2D eigenvalue weighted by Crippen LogP contribution is -2.32. The van der Waals surface area contributed by atoms with Crippen LogP contribution >= 0.6 is 0 Å². The molecule has 1 aliphatic carbocycles. The van der Waals surface area contributed by atoms with Crippen molar-refractivity contribution in [2.45, 2.75) is 25.8 Å². The summed E-state index contributed by atoms with van der Waals surface area (Å²) >= 11 is 0. The molecule has 0 radical (unpaired) electrons. The highest BCUT2D eigenvalue weighted by Gasteiger charge is 2.35. The summed E-state index contributed by atoms with van der Waals surface area (Å²) in [7, 11) is 1.65. The van der Waals surface area contributed by atoms with Crippen molar-refractivity contribution in [1.29, 1.82) is 0 Å². The highest BCUT2D eigenvalue weighted by molar-refractivity contribution is 5.94. The number of rotatable bonds is 4. The summed E-state index contributed by atoms with van der Waals surface area (Å²) in [5, 5.41) is 2.97. The number of amides is 1. The minimum absolute atomic E-state index is 0.198. The van der Waals surface area contributed by atoms with Gasteiger partial charge < -0.3 is 9.88 Å². The highest BCUT2D eigenvalue weighted by atomic mass is 16.2. The van der Waals surface area contributed by atoms with Gasteiger partial charge in [0, 0.05) is 36.8 Å². The maximum absolute atomic E-state index is 12.4. The van der Waals surface area contributed by atoms with Crippen LogP contribution in [0.25, 0.3) is 0 Å². The monoisotopic (exact) mass is 298 g/mol. The molecule has 1 saturated carbocycles. The normalized spacial score (nSPS) is 15.4. The smallest absolute Gasteiger partial charge is 0.252 e. The summed E-state index contributed by atoms with van der Waals surface area (Å²) < 4.78 is 1.43. The van der Waals surface area contributed by atoms with Crippen molar-refractivity contribution in [1.82, 2.24) is 19.9 Å². The summed E-state index contributed by atoms with van der Waals surface area (Å²) in [6, 6.07) is 4.61. The van der Waals surface area contributed by atoms with E-state index in [9.17, 15) is 9.59 Å². The lowest BCUT2D eigenvalue weighted by Gasteiger charge is -2.17. The maximum atomic E-state index is 12.4. The largest absolute Gasteiger partial charge is 0.342 e. The molecule has 2 aromatic rings. The molecule has 1 fully saturated rings. The predicted molar refractivity (Wildman–Crippen MR) is 81.4 cm³/mol. The van der Waals surface area contributed by atoms with Crippen molar-refractivity contribution in [2.75, 3.05) is 0 Å². The Labute approximate surface area is 128 Å². The van der Waals surface area contributed by atoms with E-state index in [0.717, 1.165) is 18.5 Å². The summed E-state index contributed by atoms with van der Waals surface area (Å²) in [5.74, 6) is 0.747. The van der Waals surface area contributed by atoms with E-state index in [1.54, 1.807) is 25.5 Å². The minimum Gasteiger partial charge on any atom is -0.342 e. The van der Waals surface area contributed by atoms with Crippen LogP contribution in [0.4, 0.5) is 0 Å². The zero-order chi connectivity index (χ0) is 15.7. The molecule has 1 atom stereocenters. The molecule has 0 aromatic carbocycles. The number of hydrogen-bond donors (Lipinski definition) is 1. The molecule has 0 saturated heterocycles. The Hall–Kier alpha value is -2.50. The van der Waals surface area contributed by atoms with Crippen LogP contribution in [0.15, 0.2) is 35.4 Å². The van der Waals surface area contributed by atoms with E-state index in [1.165, 1.54) is 10.6 Å². The molecule has 1 N–H and O–H groups in total. The average molecular weight is 298 g/mol. The molecule has 114 valence electrons. The molecule has 6 heteroatoms. The van der Waals surface area contributed by atoms with Crippen molar-refractivity contribution in [3.8, 4) is 0 Å². The Morgan fingerprint density at radius 1 is 1.41 bits per heavy atom. The highest BCUT2D eigenvalue weighted by Crippen LogP contribution is 2.40. The van der Waals surface area contributed by atoms with Gasteiger partial charge in [0.25, 0.3) is 11.5 Å². The quantitative estimate of drug-likeness (QED) is 0.924. The number of hydrogen-bond acceptors (Lipinski definition) is 4. The van der Waals surface area contributed by atoms with Gasteiger partial charge in [-0.3, -0.25) is 9.59 Å². The van der Waals surface area contributed by atoms with Crippen molar-refractivity contribution in [3.63, 3.8) is 0 Å². The second kappa shape index (κ2) is 5.71. The molecule has 1 amide bonds. The Kier molecular flexibility index (Phi) is 3.75. The zero-order valence-electron chi connectivity index (χ0n) is 12.6. The van der Waals surface area contributed by atoms with Gasteiger partial charge in [-0.05, 0) is 37.8 Å². The molecular formula is C16H18N4O2. The van der Waals surface area contributed by atoms with Crippen LogP contribution in [0.2, 0.25) is 0 Å². The van der Waals surface area contributed by atoms with E-state index in [1.807, 2.05) is 13.0 Å². The third kappa shape index (κ3) is 3.05. The van der Waals surface area contributed by atoms with Crippen molar-refractivity contribution in [3.05, 3.63) is 58.0 Å². The van der Waals surface area contributed by atoms with Gasteiger partial charge in [-0.1, -0.05) is 0 Å². The average Bonchev–Trinajstić information content (AvgIpc) is 3.32. The number of nitrogens with one attached hydrogen (secondary N) is 1. The summed E-state index contributed by atoms with van der Waals surface area (Å²) in [6.07, 6.45) is 5.40. The van der Waals surface area contributed by atoms with Crippen LogP contribution in [-0.4, -0.2) is 20.4 Å². The van der Waals surface area contributed by atoms with E-state index < -0.39 is 0 Å². The number of pyridine rings is 1. The third-order valence-electron chi connectivity index (χ3n) is 3.84. The summed E-state index contributed by atoms with van der Waals surface area (Å²) in [4.78, 5) is 32.8. The van der Waals surface area contributed by atoms with Crippen molar-refractivity contribution in [2.24, 2.45) is 13.0 Å². The van der Waals surface area contributed by atoms with Crippen LogP contribution in [0.3, 0.4) is 0 Å². The van der Waals surface area contributed by atoms with Crippen LogP contribution < -0.4 is 10.9 Å².